The van der Waals surface area contributed by atoms with Gasteiger partial charge in [0.1, 0.15) is 30.3 Å². The molecule has 8 nitrogen and oxygen atoms in total. The van der Waals surface area contributed by atoms with Crippen molar-refractivity contribution in [3.8, 4) is 5.75 Å². The Kier molecular flexibility index (Phi) is 7.95. The molecule has 38 heavy (non-hydrogen) atoms. The molecule has 0 bridgehead atoms. The second-order valence-corrected chi connectivity index (χ2v) is 10.3. The Morgan fingerprint density at radius 3 is 2.42 bits per heavy atom. The summed E-state index contributed by atoms with van der Waals surface area (Å²) in [6.07, 6.45) is -8.99. The lowest BCUT2D eigenvalue weighted by Crippen LogP contribution is -2.41. The number of carbonyl (C=O) groups is 1. The number of alkyl halides is 6. The summed E-state index contributed by atoms with van der Waals surface area (Å²) < 4.78 is 113. The van der Waals surface area contributed by atoms with E-state index in [0.29, 0.717) is 6.07 Å². The third-order valence-electron chi connectivity index (χ3n) is 4.71. The molecule has 0 saturated carbocycles. The van der Waals surface area contributed by atoms with E-state index >= 15 is 0 Å². The smallest absolute Gasteiger partial charge is 0.417 e. The van der Waals surface area contributed by atoms with Crippen LogP contribution in [-0.4, -0.2) is 51.0 Å². The number of nitrogens with zero attached hydrogens (tertiary/aromatic N) is 2. The number of ether oxygens (including phenoxy) is 1. The standard InChI is InChI=1S/C22H20F7N5O3S/c1-11(20(35)30-9-21(24,25)26)37-17-6-12(23)4-5-15(17)33-19-18-14(22(27,28)29)7-13(34-38(2,3)36)8-16(18)31-10-32-19/h4-8,10-11H,2,9H2,1,3H3,(H,30,35)(H,34,36)(H,31,32,33)/t11-,38?/m1/s1. The van der Waals surface area contributed by atoms with Gasteiger partial charge >= 0.3 is 12.4 Å². The van der Waals surface area contributed by atoms with Gasteiger partial charge in [-0.1, -0.05) is 0 Å². The first kappa shape index (κ1) is 28.7. The molecule has 0 radical (unpaired) electrons. The maximum Gasteiger partial charge on any atom is 0.417 e. The van der Waals surface area contributed by atoms with Crippen LogP contribution < -0.4 is 20.1 Å². The van der Waals surface area contributed by atoms with E-state index in [-0.39, 0.29) is 28.5 Å². The van der Waals surface area contributed by atoms with Gasteiger partial charge in [-0.05, 0) is 37.1 Å². The van der Waals surface area contributed by atoms with Crippen molar-refractivity contribution in [1.29, 1.82) is 0 Å². The Labute approximate surface area is 211 Å². The van der Waals surface area contributed by atoms with Crippen molar-refractivity contribution >= 4 is 49.6 Å². The zero-order valence-electron chi connectivity index (χ0n) is 19.6. The minimum absolute atomic E-state index is 0.147. The maximum atomic E-state index is 14.0. The number of carbonyl (C=O) groups excluding carboxylic acids is 1. The van der Waals surface area contributed by atoms with Crippen LogP contribution in [0.15, 0.2) is 36.7 Å². The lowest BCUT2D eigenvalue weighted by Gasteiger charge is -2.20. The van der Waals surface area contributed by atoms with E-state index in [4.69, 9.17) is 4.74 Å². The molecule has 0 aliphatic heterocycles. The van der Waals surface area contributed by atoms with Crippen molar-refractivity contribution in [3.63, 3.8) is 0 Å². The van der Waals surface area contributed by atoms with Crippen molar-refractivity contribution in [3.05, 3.63) is 48.0 Å². The Balaban J connectivity index is 2.02. The fourth-order valence-electron chi connectivity index (χ4n) is 3.22. The summed E-state index contributed by atoms with van der Waals surface area (Å²) >= 11 is 0. The molecule has 206 valence electrons. The second kappa shape index (κ2) is 10.5. The predicted octanol–water partition coefficient (Wildman–Crippen LogP) is 4.65. The first-order valence-electron chi connectivity index (χ1n) is 10.5. The normalized spacial score (nSPS) is 14.4. The number of fused-ring (bicyclic) bond motifs is 1. The van der Waals surface area contributed by atoms with E-state index in [0.717, 1.165) is 31.5 Å². The zero-order valence-corrected chi connectivity index (χ0v) is 20.4. The van der Waals surface area contributed by atoms with Crippen LogP contribution in [0, 0.1) is 5.82 Å². The molecule has 1 heterocycles. The summed E-state index contributed by atoms with van der Waals surface area (Å²) in [5.74, 6) is 0.556. The topological polar surface area (TPSA) is 105 Å². The molecular weight excluding hydrogens is 547 g/mol. The fraction of sp³-hybridized carbons (Fsp3) is 0.273. The van der Waals surface area contributed by atoms with Crippen LogP contribution in [0.2, 0.25) is 0 Å². The highest BCUT2D eigenvalue weighted by molar-refractivity contribution is 8.00. The minimum Gasteiger partial charge on any atom is -0.479 e. The number of nitrogens with one attached hydrogen (secondary N) is 3. The molecule has 16 heteroatoms. The van der Waals surface area contributed by atoms with Gasteiger partial charge in [-0.2, -0.15) is 26.3 Å². The number of rotatable bonds is 8. The number of hydrogen-bond acceptors (Lipinski definition) is 6. The molecule has 1 aromatic heterocycles. The molecule has 0 aliphatic carbocycles. The van der Waals surface area contributed by atoms with Gasteiger partial charge in [0.2, 0.25) is 0 Å². The van der Waals surface area contributed by atoms with Gasteiger partial charge in [0.15, 0.2) is 6.10 Å². The minimum atomic E-state index is -4.92. The molecular formula is C22H20F7N5O3S. The number of amides is 1. The van der Waals surface area contributed by atoms with E-state index in [1.54, 1.807) is 5.32 Å². The Hall–Kier alpha value is -3.82. The summed E-state index contributed by atoms with van der Waals surface area (Å²) in [5.41, 5.74) is -1.71. The van der Waals surface area contributed by atoms with Crippen LogP contribution in [0.4, 0.5) is 47.9 Å². The highest BCUT2D eigenvalue weighted by Crippen LogP contribution is 2.40. The number of anilines is 3. The largest absolute Gasteiger partial charge is 0.479 e. The molecule has 1 unspecified atom stereocenters. The third-order valence-corrected chi connectivity index (χ3v) is 5.38. The molecule has 0 aliphatic rings. The van der Waals surface area contributed by atoms with Gasteiger partial charge < -0.3 is 20.1 Å². The Morgan fingerprint density at radius 1 is 1.13 bits per heavy atom. The summed E-state index contributed by atoms with van der Waals surface area (Å²) in [5, 5.41) is 3.70. The number of hydrogen-bond donors (Lipinski definition) is 3. The monoisotopic (exact) mass is 567 g/mol. The summed E-state index contributed by atoms with van der Waals surface area (Å²) in [7, 11) is -2.93. The van der Waals surface area contributed by atoms with Gasteiger partial charge in [-0.15, -0.1) is 0 Å². The maximum absolute atomic E-state index is 14.0. The Bertz CT molecular complexity index is 1460. The molecule has 2 atom stereocenters. The first-order chi connectivity index (χ1) is 17.4. The molecule has 0 saturated heterocycles. The average molecular weight is 567 g/mol. The summed E-state index contributed by atoms with van der Waals surface area (Å²) in [6.45, 7) is -0.524. The van der Waals surface area contributed by atoms with Crippen molar-refractivity contribution in [2.75, 3.05) is 22.8 Å². The molecule has 3 rings (SSSR count). The second-order valence-electron chi connectivity index (χ2n) is 8.10. The van der Waals surface area contributed by atoms with Gasteiger partial charge in [0.05, 0.1) is 22.2 Å². The van der Waals surface area contributed by atoms with Crippen molar-refractivity contribution in [2.24, 2.45) is 0 Å². The molecule has 3 aromatic rings. The lowest BCUT2D eigenvalue weighted by atomic mass is 10.1. The van der Waals surface area contributed by atoms with Crippen LogP contribution in [0.5, 0.6) is 5.75 Å². The highest BCUT2D eigenvalue weighted by Gasteiger charge is 2.35. The number of benzene rings is 2. The number of aromatic nitrogens is 2. The molecule has 2 aromatic carbocycles. The zero-order chi connectivity index (χ0) is 28.5. The van der Waals surface area contributed by atoms with Crippen LogP contribution in [-0.2, 0) is 20.7 Å². The van der Waals surface area contributed by atoms with E-state index in [2.05, 4.69) is 25.9 Å². The van der Waals surface area contributed by atoms with E-state index in [9.17, 15) is 39.7 Å². The van der Waals surface area contributed by atoms with Crippen molar-refractivity contribution in [1.82, 2.24) is 15.3 Å². The SMILES string of the molecule is C=S(C)(=O)Nc1cc(C(F)(F)F)c2c(Nc3ccc(F)cc3O[C@H](C)C(=O)NCC(F)(F)F)ncnc2c1. The molecule has 0 spiro atoms. The predicted molar refractivity (Wildman–Crippen MR) is 128 cm³/mol. The van der Waals surface area contributed by atoms with Gasteiger partial charge in [0.25, 0.3) is 5.91 Å². The van der Waals surface area contributed by atoms with Crippen molar-refractivity contribution < 1.29 is 44.5 Å². The van der Waals surface area contributed by atoms with E-state index in [1.807, 2.05) is 0 Å². The van der Waals surface area contributed by atoms with E-state index < -0.39 is 57.4 Å². The summed E-state index contributed by atoms with van der Waals surface area (Å²) in [4.78, 5) is 19.7. The number of halogens is 7. The lowest BCUT2D eigenvalue weighted by molar-refractivity contribution is -0.142. The fourth-order valence-corrected chi connectivity index (χ4v) is 3.83. The van der Waals surface area contributed by atoms with Gasteiger partial charge in [-0.25, -0.2) is 18.6 Å². The highest BCUT2D eigenvalue weighted by atomic mass is 32.2. The third kappa shape index (κ3) is 7.60. The Morgan fingerprint density at radius 2 is 1.82 bits per heavy atom. The van der Waals surface area contributed by atoms with Gasteiger partial charge in [0, 0.05) is 27.7 Å². The molecule has 3 N–H and O–H groups in total. The van der Waals surface area contributed by atoms with Gasteiger partial charge in [-0.3, -0.25) is 4.79 Å². The van der Waals surface area contributed by atoms with Crippen LogP contribution in [0.3, 0.4) is 0 Å². The quantitative estimate of drug-likeness (QED) is 0.271. The van der Waals surface area contributed by atoms with Crippen molar-refractivity contribution in [2.45, 2.75) is 25.4 Å². The first-order valence-corrected chi connectivity index (χ1v) is 12.6. The van der Waals surface area contributed by atoms with Crippen LogP contribution in [0.25, 0.3) is 10.9 Å². The van der Waals surface area contributed by atoms with Crippen LogP contribution >= 0.6 is 0 Å². The van der Waals surface area contributed by atoms with E-state index in [1.165, 1.54) is 12.3 Å². The van der Waals surface area contributed by atoms with Crippen LogP contribution in [0.1, 0.15) is 12.5 Å². The summed E-state index contributed by atoms with van der Waals surface area (Å²) in [6, 6.07) is 4.70. The molecule has 1 amide bonds. The average Bonchev–Trinajstić information content (AvgIpc) is 2.76. The molecule has 0 fully saturated rings.